The largest absolute Gasteiger partial charge is 0.371 e. The zero-order valence-electron chi connectivity index (χ0n) is 11.7. The van der Waals surface area contributed by atoms with Crippen molar-refractivity contribution in [3.8, 4) is 0 Å². The molecule has 1 saturated heterocycles. The molecule has 7 nitrogen and oxygen atoms in total. The smallest absolute Gasteiger partial charge is 0.289 e. The lowest BCUT2D eigenvalue weighted by Crippen LogP contribution is -2.41. The topological polar surface area (TPSA) is 85.2 Å². The van der Waals surface area contributed by atoms with Crippen molar-refractivity contribution < 1.29 is 25.4 Å². The van der Waals surface area contributed by atoms with E-state index in [2.05, 4.69) is 14.2 Å². The predicted molar refractivity (Wildman–Crippen MR) is 75.5 cm³/mol. The lowest BCUT2D eigenvalue weighted by molar-refractivity contribution is -0.00627. The van der Waals surface area contributed by atoms with E-state index in [1.807, 2.05) is 0 Å². The van der Waals surface area contributed by atoms with E-state index in [0.29, 0.717) is 0 Å². The molecular weight excluding hydrogens is 318 g/mol. The summed E-state index contributed by atoms with van der Waals surface area (Å²) in [4.78, 5) is 0. The molecule has 9 heteroatoms. The van der Waals surface area contributed by atoms with E-state index in [1.165, 1.54) is 0 Å². The van der Waals surface area contributed by atoms with Crippen molar-refractivity contribution in [1.29, 1.82) is 0 Å². The SMILES string of the molecule is O=S1O[N-]OS(=O)OC2CCCCC2C2CCCCC2O1. The van der Waals surface area contributed by atoms with E-state index in [1.54, 1.807) is 0 Å². The van der Waals surface area contributed by atoms with Gasteiger partial charge < -0.3 is 14.2 Å². The van der Waals surface area contributed by atoms with Crippen LogP contribution in [0.3, 0.4) is 0 Å². The first-order chi connectivity index (χ1) is 10.2. The van der Waals surface area contributed by atoms with Gasteiger partial charge in [-0.2, -0.15) is 8.42 Å². The summed E-state index contributed by atoms with van der Waals surface area (Å²) in [6.45, 7) is 0. The summed E-state index contributed by atoms with van der Waals surface area (Å²) in [6, 6.07) is 0. The van der Waals surface area contributed by atoms with Crippen LogP contribution in [0, 0.1) is 11.8 Å². The maximum atomic E-state index is 11.7. The Balaban J connectivity index is 1.81. The van der Waals surface area contributed by atoms with Gasteiger partial charge in [-0.1, -0.05) is 25.7 Å². The molecule has 3 aliphatic rings. The molecule has 1 heterocycles. The molecule has 3 fully saturated rings. The Hall–Kier alpha value is 0.1000. The molecule has 3 rings (SSSR count). The fraction of sp³-hybridized carbons (Fsp3) is 1.00. The van der Waals surface area contributed by atoms with Crippen LogP contribution in [-0.4, -0.2) is 20.6 Å². The minimum Gasteiger partial charge on any atom is -0.371 e. The van der Waals surface area contributed by atoms with Crippen LogP contribution in [0.1, 0.15) is 51.4 Å². The number of fused-ring (bicyclic) bond motifs is 3. The molecule has 0 spiro atoms. The molecule has 6 unspecified atom stereocenters. The normalized spacial score (nSPS) is 45.9. The van der Waals surface area contributed by atoms with E-state index < -0.39 is 22.7 Å². The second kappa shape index (κ2) is 7.58. The third-order valence-corrected chi connectivity index (χ3v) is 5.82. The van der Waals surface area contributed by atoms with E-state index >= 15 is 0 Å². The molecule has 0 bridgehead atoms. The van der Waals surface area contributed by atoms with Crippen molar-refractivity contribution in [2.75, 3.05) is 0 Å². The summed E-state index contributed by atoms with van der Waals surface area (Å²) in [7, 11) is 0. The summed E-state index contributed by atoms with van der Waals surface area (Å²) in [6.07, 6.45) is 7.84. The van der Waals surface area contributed by atoms with Crippen LogP contribution in [0.4, 0.5) is 0 Å². The van der Waals surface area contributed by atoms with Gasteiger partial charge in [0.05, 0.1) is 12.2 Å². The van der Waals surface area contributed by atoms with Crippen LogP contribution >= 0.6 is 0 Å². The monoisotopic (exact) mass is 338 g/mol. The van der Waals surface area contributed by atoms with Gasteiger partial charge in [-0.15, -0.1) is 0 Å². The standard InChI is InChI=1S/C12H20NO6S2/c14-20-16-11-7-3-1-5-9(11)10-6-2-4-8-12(10)17-21(15)19-13-18-20/h9-12H,1-8H2/q-1. The van der Waals surface area contributed by atoms with E-state index in [9.17, 15) is 8.42 Å². The van der Waals surface area contributed by atoms with Gasteiger partial charge in [-0.3, -0.25) is 8.37 Å². The second-order valence-electron chi connectivity index (χ2n) is 5.80. The van der Waals surface area contributed by atoms with Gasteiger partial charge in [0.25, 0.3) is 22.7 Å². The predicted octanol–water partition coefficient (Wildman–Crippen LogP) is 2.55. The third-order valence-electron chi connectivity index (χ3n) is 4.64. The summed E-state index contributed by atoms with van der Waals surface area (Å²) in [5.74, 6) is 0.512. The van der Waals surface area contributed by atoms with Gasteiger partial charge >= 0.3 is 0 Å². The third kappa shape index (κ3) is 4.10. The van der Waals surface area contributed by atoms with Gasteiger partial charge in [0, 0.05) is 0 Å². The van der Waals surface area contributed by atoms with Gasteiger partial charge in [-0.25, -0.2) is 0 Å². The zero-order valence-corrected chi connectivity index (χ0v) is 13.3. The van der Waals surface area contributed by atoms with Crippen molar-refractivity contribution in [2.45, 2.75) is 63.6 Å². The quantitative estimate of drug-likeness (QED) is 0.675. The molecule has 6 atom stereocenters. The number of rotatable bonds is 0. The average molecular weight is 338 g/mol. The van der Waals surface area contributed by atoms with Crippen molar-refractivity contribution in [3.63, 3.8) is 0 Å². The Labute approximate surface area is 129 Å². The fourth-order valence-corrected chi connectivity index (χ4v) is 4.92. The first-order valence-electron chi connectivity index (χ1n) is 7.47. The Morgan fingerprint density at radius 3 is 1.62 bits per heavy atom. The van der Waals surface area contributed by atoms with Crippen LogP contribution in [-0.2, 0) is 39.7 Å². The number of hydrogen-bond acceptors (Lipinski definition) is 6. The van der Waals surface area contributed by atoms with E-state index in [-0.39, 0.29) is 24.0 Å². The summed E-state index contributed by atoms with van der Waals surface area (Å²) in [5, 5.41) is 0. The first kappa shape index (κ1) is 16.0. The van der Waals surface area contributed by atoms with Crippen LogP contribution in [0.5, 0.6) is 0 Å². The highest BCUT2D eigenvalue weighted by molar-refractivity contribution is 7.76. The molecule has 122 valence electrons. The van der Waals surface area contributed by atoms with Crippen molar-refractivity contribution in [2.24, 2.45) is 11.8 Å². The van der Waals surface area contributed by atoms with Gasteiger partial charge in [-0.05, 0) is 37.5 Å². The highest BCUT2D eigenvalue weighted by atomic mass is 32.2. The van der Waals surface area contributed by atoms with E-state index in [4.69, 9.17) is 8.37 Å². The molecule has 0 aromatic carbocycles. The number of hydrogen-bond donors (Lipinski definition) is 0. The van der Waals surface area contributed by atoms with Gasteiger partial charge in [0.2, 0.25) is 0 Å². The average Bonchev–Trinajstić information content (AvgIpc) is 2.50. The van der Waals surface area contributed by atoms with Gasteiger partial charge in [0.15, 0.2) is 0 Å². The maximum Gasteiger partial charge on any atom is 0.289 e. The minimum atomic E-state index is -2.02. The molecule has 0 radical (unpaired) electrons. The molecule has 0 amide bonds. The summed E-state index contributed by atoms with van der Waals surface area (Å²) < 4.78 is 43.4. The highest BCUT2D eigenvalue weighted by Crippen LogP contribution is 2.41. The Morgan fingerprint density at radius 1 is 0.714 bits per heavy atom. The molecule has 2 saturated carbocycles. The minimum absolute atomic E-state index is 0.129. The van der Waals surface area contributed by atoms with Crippen molar-refractivity contribution in [1.82, 2.24) is 0 Å². The Kier molecular flexibility index (Phi) is 5.77. The molecule has 1 aliphatic heterocycles. The molecule has 0 aromatic rings. The van der Waals surface area contributed by atoms with E-state index in [0.717, 1.165) is 51.4 Å². The van der Waals surface area contributed by atoms with Crippen molar-refractivity contribution in [3.05, 3.63) is 5.64 Å². The first-order valence-corrected chi connectivity index (χ1v) is 9.47. The summed E-state index contributed by atoms with van der Waals surface area (Å²) in [5.41, 5.74) is 3.06. The zero-order chi connectivity index (χ0) is 14.7. The van der Waals surface area contributed by atoms with Crippen LogP contribution in [0.2, 0.25) is 0 Å². The lowest BCUT2D eigenvalue weighted by Gasteiger charge is -2.41. The molecular formula is C12H20NO6S2-. The van der Waals surface area contributed by atoms with Crippen LogP contribution in [0.15, 0.2) is 0 Å². The van der Waals surface area contributed by atoms with Crippen LogP contribution in [0.25, 0.3) is 5.64 Å². The lowest BCUT2D eigenvalue weighted by atomic mass is 9.70. The molecule has 0 aromatic heterocycles. The molecule has 2 aliphatic carbocycles. The number of nitrogens with zero attached hydrogens (tertiary/aromatic N) is 1. The molecule has 0 N–H and O–H groups in total. The van der Waals surface area contributed by atoms with Gasteiger partial charge in [0.1, 0.15) is 0 Å². The fourth-order valence-electron chi connectivity index (χ4n) is 3.77. The van der Waals surface area contributed by atoms with Crippen LogP contribution < -0.4 is 0 Å². The second-order valence-corrected chi connectivity index (χ2v) is 7.30. The maximum absolute atomic E-state index is 11.7. The highest BCUT2D eigenvalue weighted by Gasteiger charge is 2.40. The van der Waals surface area contributed by atoms with Crippen molar-refractivity contribution >= 4 is 22.7 Å². The molecule has 21 heavy (non-hydrogen) atoms. The Bertz CT molecular complexity index is 373. The summed E-state index contributed by atoms with van der Waals surface area (Å²) >= 11 is -4.04. The Morgan fingerprint density at radius 2 is 1.14 bits per heavy atom.